The van der Waals surface area contributed by atoms with Crippen molar-refractivity contribution < 1.29 is 24.6 Å². The van der Waals surface area contributed by atoms with Crippen molar-refractivity contribution in [2.24, 2.45) is 0 Å². The second-order valence-electron chi connectivity index (χ2n) is 9.64. The van der Waals surface area contributed by atoms with Crippen LogP contribution in [0.5, 0.6) is 0 Å². The van der Waals surface area contributed by atoms with Crippen LogP contribution in [0, 0.1) is 0 Å². The van der Waals surface area contributed by atoms with E-state index in [-0.39, 0.29) is 17.2 Å². The quantitative estimate of drug-likeness (QED) is 0.285. The number of carbonyl (C=O) groups excluding carboxylic acids is 1. The van der Waals surface area contributed by atoms with E-state index in [4.69, 9.17) is 0 Å². The summed E-state index contributed by atoms with van der Waals surface area (Å²) in [6, 6.07) is 6.31. The van der Waals surface area contributed by atoms with Crippen LogP contribution in [-0.4, -0.2) is 83.8 Å². The van der Waals surface area contributed by atoms with Gasteiger partial charge in [-0.3, -0.25) is 0 Å². The van der Waals surface area contributed by atoms with E-state index in [2.05, 4.69) is 32.7 Å². The second-order valence-corrected chi connectivity index (χ2v) is 9.64. The minimum atomic E-state index is -1.19. The summed E-state index contributed by atoms with van der Waals surface area (Å²) in [6.45, 7) is 12.4. The lowest BCUT2D eigenvalue weighted by Gasteiger charge is -2.34. The summed E-state index contributed by atoms with van der Waals surface area (Å²) in [6.07, 6.45) is 3.31. The van der Waals surface area contributed by atoms with E-state index in [1.807, 2.05) is 0 Å². The first-order chi connectivity index (χ1) is 17.7. The number of nitrogens with one attached hydrogen (secondary N) is 3. The third-order valence-corrected chi connectivity index (χ3v) is 6.93. The van der Waals surface area contributed by atoms with Crippen molar-refractivity contribution in [2.75, 3.05) is 51.1 Å². The van der Waals surface area contributed by atoms with Crippen molar-refractivity contribution in [3.63, 3.8) is 0 Å². The maximum atomic E-state index is 12.5. The first-order valence-electron chi connectivity index (χ1n) is 13.0. The smallest absolute Gasteiger partial charge is 0.334 e. The Morgan fingerprint density at radius 2 is 1.51 bits per heavy atom. The number of hydrogen-bond acceptors (Lipinski definition) is 6. The van der Waals surface area contributed by atoms with E-state index < -0.39 is 17.9 Å². The van der Waals surface area contributed by atoms with Crippen LogP contribution in [0.3, 0.4) is 0 Å². The number of amides is 2. The van der Waals surface area contributed by atoms with Gasteiger partial charge in [0.25, 0.3) is 0 Å². The molecule has 0 atom stereocenters. The minimum absolute atomic E-state index is 0.0317. The molecule has 1 saturated heterocycles. The summed E-state index contributed by atoms with van der Waals surface area (Å²) in [5.74, 6) is -3.36. The summed E-state index contributed by atoms with van der Waals surface area (Å²) >= 11 is 0. The number of dihydropyridines is 1. The maximum Gasteiger partial charge on any atom is 0.334 e. The van der Waals surface area contributed by atoms with Crippen molar-refractivity contribution in [2.45, 2.75) is 46.0 Å². The molecule has 37 heavy (non-hydrogen) atoms. The van der Waals surface area contributed by atoms with Crippen LogP contribution >= 0.6 is 0 Å². The molecule has 0 bridgehead atoms. The zero-order valence-electron chi connectivity index (χ0n) is 22.0. The fourth-order valence-electron chi connectivity index (χ4n) is 4.99. The summed E-state index contributed by atoms with van der Waals surface area (Å²) in [4.78, 5) is 41.4. The lowest BCUT2D eigenvalue weighted by Crippen LogP contribution is -2.47. The van der Waals surface area contributed by atoms with Gasteiger partial charge < -0.3 is 36.0 Å². The van der Waals surface area contributed by atoms with E-state index in [9.17, 15) is 24.6 Å². The summed E-state index contributed by atoms with van der Waals surface area (Å²) in [7, 11) is 0. The van der Waals surface area contributed by atoms with E-state index in [0.717, 1.165) is 39.1 Å². The van der Waals surface area contributed by atoms with Gasteiger partial charge in [0.2, 0.25) is 0 Å². The lowest BCUT2D eigenvalue weighted by molar-refractivity contribution is -0.133. The van der Waals surface area contributed by atoms with E-state index >= 15 is 0 Å². The highest BCUT2D eigenvalue weighted by atomic mass is 16.4. The number of benzene rings is 1. The highest BCUT2D eigenvalue weighted by Gasteiger charge is 2.36. The molecule has 5 N–H and O–H groups in total. The molecule has 10 heteroatoms. The van der Waals surface area contributed by atoms with Crippen molar-refractivity contribution in [1.82, 2.24) is 20.4 Å². The average Bonchev–Trinajstić information content (AvgIpc) is 2.85. The van der Waals surface area contributed by atoms with Gasteiger partial charge in [-0.1, -0.05) is 25.5 Å². The molecule has 2 aliphatic heterocycles. The fraction of sp³-hybridized carbons (Fsp3) is 0.519. The number of carbonyl (C=O) groups is 3. The summed E-state index contributed by atoms with van der Waals surface area (Å²) in [5, 5.41) is 28.1. The molecule has 0 aliphatic carbocycles. The third-order valence-electron chi connectivity index (χ3n) is 6.93. The fourth-order valence-corrected chi connectivity index (χ4v) is 4.99. The van der Waals surface area contributed by atoms with Crippen LogP contribution in [0.1, 0.15) is 51.5 Å². The molecule has 0 aromatic heterocycles. The Bertz CT molecular complexity index is 1020. The van der Waals surface area contributed by atoms with Crippen LogP contribution in [0.25, 0.3) is 0 Å². The average molecular weight is 514 g/mol. The number of anilines is 1. The van der Waals surface area contributed by atoms with Gasteiger partial charge in [0.05, 0.1) is 17.1 Å². The number of unbranched alkanes of at least 4 members (excludes halogenated alkanes) is 1. The van der Waals surface area contributed by atoms with Gasteiger partial charge in [-0.25, -0.2) is 14.4 Å². The zero-order chi connectivity index (χ0) is 26.9. The Balaban J connectivity index is 1.55. The van der Waals surface area contributed by atoms with Crippen molar-refractivity contribution in [3.05, 3.63) is 52.4 Å². The van der Waals surface area contributed by atoms with Crippen LogP contribution in [0.15, 0.2) is 46.8 Å². The normalized spacial score (nSPS) is 17.5. The molecule has 10 nitrogen and oxygen atoms in total. The first-order valence-corrected chi connectivity index (χ1v) is 13.0. The molecule has 1 aromatic rings. The monoisotopic (exact) mass is 513 g/mol. The molecule has 202 valence electrons. The largest absolute Gasteiger partial charge is 0.478 e. The topological polar surface area (TPSA) is 134 Å². The number of hydrogen-bond donors (Lipinski definition) is 5. The number of piperazine rings is 1. The van der Waals surface area contributed by atoms with Crippen LogP contribution < -0.4 is 16.0 Å². The Kier molecular flexibility index (Phi) is 10.1. The molecular formula is C27H39N5O5. The minimum Gasteiger partial charge on any atom is -0.478 e. The summed E-state index contributed by atoms with van der Waals surface area (Å²) < 4.78 is 0. The van der Waals surface area contributed by atoms with Gasteiger partial charge in [0, 0.05) is 49.8 Å². The Labute approximate surface area is 218 Å². The predicted octanol–water partition coefficient (Wildman–Crippen LogP) is 3.02. The zero-order valence-corrected chi connectivity index (χ0v) is 22.0. The standard InChI is InChI=1S/C27H39N5O5/c1-4-5-11-31-13-15-32(16-14-31)12-7-10-28-27(37)30-21-9-6-8-20(17-21)24-22(25(33)34)18(2)29-19(3)23(24)26(35)36/h6,8-9,17,24,29H,4-5,7,10-16H2,1-3H3,(H,33,34)(H,35,36)(H2,28,30,37). The highest BCUT2D eigenvalue weighted by molar-refractivity contribution is 5.98. The van der Waals surface area contributed by atoms with Crippen LogP contribution in [0.4, 0.5) is 10.5 Å². The van der Waals surface area contributed by atoms with Crippen LogP contribution in [0.2, 0.25) is 0 Å². The van der Waals surface area contributed by atoms with Crippen molar-refractivity contribution in [3.8, 4) is 0 Å². The number of allylic oxidation sites excluding steroid dienone is 2. The highest BCUT2D eigenvalue weighted by Crippen LogP contribution is 2.38. The predicted molar refractivity (Wildman–Crippen MR) is 142 cm³/mol. The van der Waals surface area contributed by atoms with Gasteiger partial charge in [-0.2, -0.15) is 0 Å². The van der Waals surface area contributed by atoms with Gasteiger partial charge >= 0.3 is 18.0 Å². The van der Waals surface area contributed by atoms with Gasteiger partial charge in [0.1, 0.15) is 0 Å². The first kappa shape index (κ1) is 28.2. The molecule has 2 amide bonds. The van der Waals surface area contributed by atoms with Crippen LogP contribution in [-0.2, 0) is 9.59 Å². The number of aliphatic carboxylic acids is 2. The maximum absolute atomic E-state index is 12.5. The molecule has 0 unspecified atom stereocenters. The number of urea groups is 1. The molecule has 3 rings (SSSR count). The number of carboxylic acids is 2. The molecule has 0 radical (unpaired) electrons. The molecule has 0 saturated carbocycles. The van der Waals surface area contributed by atoms with E-state index in [1.54, 1.807) is 38.1 Å². The second kappa shape index (κ2) is 13.3. The number of rotatable bonds is 11. The molecule has 1 fully saturated rings. The van der Waals surface area contributed by atoms with E-state index in [0.29, 0.717) is 29.2 Å². The molecule has 2 heterocycles. The summed E-state index contributed by atoms with van der Waals surface area (Å²) in [5.41, 5.74) is 1.65. The Hall–Kier alpha value is -3.37. The number of carboxylic acid groups (broad SMARTS) is 2. The van der Waals surface area contributed by atoms with Crippen molar-refractivity contribution >= 4 is 23.7 Å². The Morgan fingerprint density at radius 1 is 0.946 bits per heavy atom. The molecular weight excluding hydrogens is 474 g/mol. The third kappa shape index (κ3) is 7.56. The SMILES string of the molecule is CCCCN1CCN(CCCNC(=O)Nc2cccc(C3C(C(=O)O)=C(C)NC(C)=C3C(=O)O)c2)CC1. The van der Waals surface area contributed by atoms with Crippen molar-refractivity contribution in [1.29, 1.82) is 0 Å². The molecule has 0 spiro atoms. The van der Waals surface area contributed by atoms with Gasteiger partial charge in [-0.15, -0.1) is 0 Å². The molecule has 1 aromatic carbocycles. The van der Waals surface area contributed by atoms with Gasteiger partial charge in [0.15, 0.2) is 0 Å². The van der Waals surface area contributed by atoms with E-state index in [1.165, 1.54) is 19.4 Å². The molecule has 2 aliphatic rings. The lowest BCUT2D eigenvalue weighted by atomic mass is 9.80. The number of nitrogens with zero attached hydrogens (tertiary/aromatic N) is 2. The Morgan fingerprint density at radius 3 is 2.05 bits per heavy atom. The van der Waals surface area contributed by atoms with Gasteiger partial charge in [-0.05, 0) is 57.5 Å².